The Labute approximate surface area is 111 Å². The third-order valence-electron chi connectivity index (χ3n) is 2.94. The molecule has 1 amide bonds. The Morgan fingerprint density at radius 2 is 2.16 bits per heavy atom. The fourth-order valence-corrected chi connectivity index (χ4v) is 2.11. The molecule has 1 heterocycles. The molecule has 1 aliphatic rings. The monoisotopic (exact) mass is 267 g/mol. The Morgan fingerprint density at radius 1 is 1.47 bits per heavy atom. The maximum Gasteiger partial charge on any atom is 0.414 e. The SMILES string of the molecule is CC(C)(C)OC(=O)N1CCc2ccc(CO)c(F)c21. The van der Waals surface area contributed by atoms with E-state index >= 15 is 0 Å². The lowest BCUT2D eigenvalue weighted by Gasteiger charge is -2.25. The van der Waals surface area contributed by atoms with Crippen LogP contribution in [-0.4, -0.2) is 23.3 Å². The maximum absolute atomic E-state index is 14.2. The van der Waals surface area contributed by atoms with E-state index in [1.54, 1.807) is 32.9 Å². The van der Waals surface area contributed by atoms with Gasteiger partial charge in [-0.3, -0.25) is 4.90 Å². The van der Waals surface area contributed by atoms with Crippen molar-refractivity contribution in [2.24, 2.45) is 0 Å². The van der Waals surface area contributed by atoms with Gasteiger partial charge < -0.3 is 9.84 Å². The predicted molar refractivity (Wildman–Crippen MR) is 69.6 cm³/mol. The van der Waals surface area contributed by atoms with Gasteiger partial charge in [-0.15, -0.1) is 0 Å². The van der Waals surface area contributed by atoms with E-state index in [-0.39, 0.29) is 17.9 Å². The van der Waals surface area contributed by atoms with Gasteiger partial charge in [0.15, 0.2) is 5.82 Å². The average Bonchev–Trinajstić information content (AvgIpc) is 2.72. The summed E-state index contributed by atoms with van der Waals surface area (Å²) in [6, 6.07) is 3.29. The summed E-state index contributed by atoms with van der Waals surface area (Å²) in [5, 5.41) is 9.09. The molecule has 0 unspecified atom stereocenters. The van der Waals surface area contributed by atoms with Crippen molar-refractivity contribution in [1.82, 2.24) is 0 Å². The number of anilines is 1. The molecule has 1 aromatic rings. The van der Waals surface area contributed by atoms with Gasteiger partial charge in [0.25, 0.3) is 0 Å². The normalized spacial score (nSPS) is 14.5. The number of aliphatic hydroxyl groups excluding tert-OH is 1. The number of benzene rings is 1. The van der Waals surface area contributed by atoms with E-state index in [9.17, 15) is 9.18 Å². The van der Waals surface area contributed by atoms with Crippen molar-refractivity contribution >= 4 is 11.8 Å². The van der Waals surface area contributed by atoms with Crippen molar-refractivity contribution in [2.75, 3.05) is 11.4 Å². The Hall–Kier alpha value is -1.62. The third kappa shape index (κ3) is 2.71. The smallest absolute Gasteiger partial charge is 0.414 e. The summed E-state index contributed by atoms with van der Waals surface area (Å²) >= 11 is 0. The van der Waals surface area contributed by atoms with Gasteiger partial charge in [0, 0.05) is 12.1 Å². The molecule has 0 spiro atoms. The number of fused-ring (bicyclic) bond motifs is 1. The minimum absolute atomic E-state index is 0.189. The molecule has 104 valence electrons. The van der Waals surface area contributed by atoms with Gasteiger partial charge in [0.2, 0.25) is 0 Å². The number of amides is 1. The minimum atomic E-state index is -0.620. The number of hydrogen-bond donors (Lipinski definition) is 1. The van der Waals surface area contributed by atoms with Crippen LogP contribution in [-0.2, 0) is 17.8 Å². The molecule has 0 aliphatic carbocycles. The quantitative estimate of drug-likeness (QED) is 0.851. The number of halogens is 1. The highest BCUT2D eigenvalue weighted by Gasteiger charge is 2.32. The van der Waals surface area contributed by atoms with Crippen LogP contribution >= 0.6 is 0 Å². The van der Waals surface area contributed by atoms with Gasteiger partial charge in [-0.2, -0.15) is 0 Å². The summed E-state index contributed by atoms with van der Waals surface area (Å²) in [7, 11) is 0. The molecular formula is C14H18FNO3. The van der Waals surface area contributed by atoms with E-state index in [1.165, 1.54) is 4.90 Å². The molecule has 0 fully saturated rings. The van der Waals surface area contributed by atoms with Crippen LogP contribution in [0.2, 0.25) is 0 Å². The standard InChI is InChI=1S/C14H18FNO3/c1-14(2,3)19-13(18)16-7-6-9-4-5-10(8-17)11(15)12(9)16/h4-5,17H,6-8H2,1-3H3. The molecule has 1 aliphatic heterocycles. The molecule has 5 heteroatoms. The average molecular weight is 267 g/mol. The van der Waals surface area contributed by atoms with Crippen LogP contribution in [0.5, 0.6) is 0 Å². The number of ether oxygens (including phenoxy) is 1. The second-order valence-electron chi connectivity index (χ2n) is 5.59. The van der Waals surface area contributed by atoms with Gasteiger partial charge in [0.1, 0.15) is 5.60 Å². The molecule has 0 saturated heterocycles. The van der Waals surface area contributed by atoms with Gasteiger partial charge in [-0.1, -0.05) is 12.1 Å². The molecule has 0 atom stereocenters. The highest BCUT2D eigenvalue weighted by atomic mass is 19.1. The van der Waals surface area contributed by atoms with Crippen LogP contribution in [0.1, 0.15) is 31.9 Å². The van der Waals surface area contributed by atoms with E-state index in [1.807, 2.05) is 0 Å². The van der Waals surface area contributed by atoms with E-state index in [2.05, 4.69) is 0 Å². The maximum atomic E-state index is 14.2. The van der Waals surface area contributed by atoms with Crippen LogP contribution in [0.15, 0.2) is 12.1 Å². The highest BCUT2D eigenvalue weighted by Crippen LogP contribution is 2.33. The summed E-state index contributed by atoms with van der Waals surface area (Å²) in [6.07, 6.45) is 0.0391. The van der Waals surface area contributed by atoms with Gasteiger partial charge in [-0.05, 0) is 32.8 Å². The van der Waals surface area contributed by atoms with E-state index in [0.29, 0.717) is 13.0 Å². The summed E-state index contributed by atoms with van der Waals surface area (Å²) in [5.74, 6) is -0.539. The van der Waals surface area contributed by atoms with Crippen molar-refractivity contribution in [3.63, 3.8) is 0 Å². The molecule has 0 bridgehead atoms. The van der Waals surface area contributed by atoms with Crippen molar-refractivity contribution in [3.8, 4) is 0 Å². The number of rotatable bonds is 1. The molecule has 1 N–H and O–H groups in total. The first-order chi connectivity index (χ1) is 8.83. The second kappa shape index (κ2) is 4.81. The number of carbonyl (C=O) groups is 1. The predicted octanol–water partition coefficient (Wildman–Crippen LogP) is 2.62. The Morgan fingerprint density at radius 3 is 2.74 bits per heavy atom. The zero-order valence-corrected chi connectivity index (χ0v) is 11.4. The van der Waals surface area contributed by atoms with Crippen molar-refractivity contribution in [3.05, 3.63) is 29.1 Å². The lowest BCUT2D eigenvalue weighted by atomic mass is 10.1. The Balaban J connectivity index is 2.33. The van der Waals surface area contributed by atoms with Crippen LogP contribution in [0.3, 0.4) is 0 Å². The van der Waals surface area contributed by atoms with Gasteiger partial charge >= 0.3 is 6.09 Å². The lowest BCUT2D eigenvalue weighted by Crippen LogP contribution is -2.36. The first-order valence-electron chi connectivity index (χ1n) is 6.25. The van der Waals surface area contributed by atoms with E-state index in [0.717, 1.165) is 5.56 Å². The number of hydrogen-bond acceptors (Lipinski definition) is 3. The number of nitrogens with zero attached hydrogens (tertiary/aromatic N) is 1. The molecule has 2 rings (SSSR count). The van der Waals surface area contributed by atoms with Crippen LogP contribution in [0.25, 0.3) is 0 Å². The summed E-state index contributed by atoms with van der Waals surface area (Å²) < 4.78 is 19.5. The summed E-state index contributed by atoms with van der Waals surface area (Å²) in [6.45, 7) is 5.31. The Kier molecular flexibility index (Phi) is 3.49. The number of carbonyl (C=O) groups excluding carboxylic acids is 1. The fraction of sp³-hybridized carbons (Fsp3) is 0.500. The first-order valence-corrected chi connectivity index (χ1v) is 6.25. The van der Waals surface area contributed by atoms with Crippen LogP contribution in [0, 0.1) is 5.82 Å². The third-order valence-corrected chi connectivity index (χ3v) is 2.94. The lowest BCUT2D eigenvalue weighted by molar-refractivity contribution is 0.0582. The molecule has 1 aromatic carbocycles. The van der Waals surface area contributed by atoms with Crippen LogP contribution in [0.4, 0.5) is 14.9 Å². The Bertz CT molecular complexity index is 508. The summed E-state index contributed by atoms with van der Waals surface area (Å²) in [5.41, 5.74) is 0.570. The number of aliphatic hydroxyl groups is 1. The van der Waals surface area contributed by atoms with E-state index < -0.39 is 17.5 Å². The molecule has 0 saturated carbocycles. The van der Waals surface area contributed by atoms with Gasteiger partial charge in [-0.25, -0.2) is 9.18 Å². The zero-order valence-electron chi connectivity index (χ0n) is 11.4. The zero-order chi connectivity index (χ0) is 14.2. The molecule has 0 radical (unpaired) electrons. The summed E-state index contributed by atoms with van der Waals surface area (Å²) in [4.78, 5) is 13.4. The molecule has 19 heavy (non-hydrogen) atoms. The second-order valence-corrected chi connectivity index (χ2v) is 5.59. The molecule has 4 nitrogen and oxygen atoms in total. The minimum Gasteiger partial charge on any atom is -0.443 e. The fourth-order valence-electron chi connectivity index (χ4n) is 2.11. The largest absolute Gasteiger partial charge is 0.443 e. The van der Waals surface area contributed by atoms with Crippen molar-refractivity contribution in [2.45, 2.75) is 39.4 Å². The van der Waals surface area contributed by atoms with Crippen molar-refractivity contribution in [1.29, 1.82) is 0 Å². The van der Waals surface area contributed by atoms with Gasteiger partial charge in [0.05, 0.1) is 12.3 Å². The van der Waals surface area contributed by atoms with E-state index in [4.69, 9.17) is 9.84 Å². The molecular weight excluding hydrogens is 249 g/mol. The van der Waals surface area contributed by atoms with Crippen LogP contribution < -0.4 is 4.90 Å². The van der Waals surface area contributed by atoms with Crippen molar-refractivity contribution < 1.29 is 19.0 Å². The molecule has 0 aromatic heterocycles. The highest BCUT2D eigenvalue weighted by molar-refractivity contribution is 5.91. The topological polar surface area (TPSA) is 49.8 Å². The first kappa shape index (κ1) is 13.8.